The van der Waals surface area contributed by atoms with E-state index in [4.69, 9.17) is 115 Å². The zero-order valence-electron chi connectivity index (χ0n) is 85.2. The Labute approximate surface area is 840 Å². The molecule has 1 unspecified atom stereocenters. The van der Waals surface area contributed by atoms with Gasteiger partial charge in [-0.05, 0) is 144 Å². The minimum absolute atomic E-state index is 0.160. The summed E-state index contributed by atoms with van der Waals surface area (Å²) in [4.78, 5) is 156. The number of benzene rings is 5. The molecule has 0 saturated carbocycles. The van der Waals surface area contributed by atoms with Crippen LogP contribution in [-0.4, -0.2) is 296 Å². The fraction of sp³-hybridized carbons (Fsp3) is 0.581. The summed E-state index contributed by atoms with van der Waals surface area (Å²) < 4.78 is 50.5. The Hall–Kier alpha value is -11.7. The monoisotopic (exact) mass is 2070 g/mol. The van der Waals surface area contributed by atoms with Gasteiger partial charge in [0, 0.05) is 51.9 Å². The number of carbonyl (C=O) groups is 9. The highest BCUT2D eigenvalue weighted by atomic mass is 32.2. The summed E-state index contributed by atoms with van der Waals surface area (Å²) in [6.07, 6.45) is 2.51. The molecule has 4 amide bonds. The summed E-state index contributed by atoms with van der Waals surface area (Å²) in [7, 11) is 15.6. The van der Waals surface area contributed by atoms with Crippen molar-refractivity contribution < 1.29 is 130 Å². The van der Waals surface area contributed by atoms with Crippen molar-refractivity contribution in [3.63, 3.8) is 0 Å². The van der Waals surface area contributed by atoms with E-state index < -0.39 is 80.4 Å². The molecular weight excluding hydrogens is 1920 g/mol. The first-order chi connectivity index (χ1) is 65.1. The Kier molecular flexibility index (Phi) is 54.7. The number of carboxylic acid groups (broad SMARTS) is 1. The second-order valence-electron chi connectivity index (χ2n) is 38.8. The maximum atomic E-state index is 14.4. The highest BCUT2D eigenvalue weighted by Gasteiger charge is 2.34. The lowest BCUT2D eigenvalue weighted by Crippen LogP contribution is -2.46. The first kappa shape index (κ1) is 127. The molecule has 44 nitrogen and oxygen atoms in total. The molecule has 0 aliphatic carbocycles. The molecule has 0 saturated heterocycles. The van der Waals surface area contributed by atoms with Gasteiger partial charge in [-0.15, -0.1) is 0 Å². The Morgan fingerprint density at radius 3 is 0.688 bits per heavy atom. The third kappa shape index (κ3) is 54.2. The van der Waals surface area contributed by atoms with Crippen LogP contribution >= 0.6 is 47.0 Å². The standard InChI is InChI=1S/C84H128N8O16S4.C9H11NO3.4NO3/c1-25-101-73(97)49-89(17,18)37-29-33-85-69(93)53-105-77-61-41-57(81(5,6)7)42-62(77)110-64-44-59(83(11,12)13)46-66(79(64)107-55-71(95)87-35-31-39-91(21,22)51-75(99)103-27-3)112-68-48-60(84(14,15)16)47-67(80(68)108-56-72(96)88-36-32-40-92(23,24)52-76(100)104-28-4)111-65-45-58(82(8,9)10)43-63(109-61)78(65)106-54-70(94)86-34-30-38-90(19,20)50-74(98)102-26-2;10-8(9(12)13)5-6-1-3-7(11)4-2-6;4*2-1(3)4/h41-48H,25-40,49-56H2,1-24H3;1-4,8,11H,5,10H2,(H,12,13);;;;/q;;4*-1/p+4. The van der Waals surface area contributed by atoms with Crippen molar-refractivity contribution in [1.82, 2.24) is 21.3 Å². The molecule has 5 aromatic rings. The van der Waals surface area contributed by atoms with Crippen LogP contribution in [0.3, 0.4) is 0 Å². The number of ether oxygens (including phenoxy) is 8. The SMILES string of the molecule is CCOC(=O)C[N+](C)(C)CCCNC(=O)COc1c2cc(C(C)(C)C)cc1Sc1cc(C(C)(C)C)cc(c1OCC(=O)NCCC[N+](C)(C)CC(=O)OCC)Sc1cc(C(C)(C)C)cc(c1OCC(=O)NCCC[N+](C)(C)CC(=O)OCC)Sc1cc(C(C)(C)C)cc(c1OCC(=O)NCCC[N+](C)(C)CC(=O)OCC)S2.NC(Cc1ccc(O)cc1)C(=O)O.O=[N+]([O-])[O-].O=[N+]([O-])[O-].O=[N+]([O-])[O-].O=[N+]([O-])[O-]. The van der Waals surface area contributed by atoms with E-state index >= 15 is 0 Å². The first-order valence-corrected chi connectivity index (χ1v) is 48.3. The number of fused-ring (bicyclic) bond motifs is 8. The zero-order valence-corrected chi connectivity index (χ0v) is 88.5. The number of rotatable bonds is 43. The van der Waals surface area contributed by atoms with Gasteiger partial charge in [-0.3, -0.25) is 24.0 Å². The van der Waals surface area contributed by atoms with Crippen molar-refractivity contribution in [2.24, 2.45) is 5.73 Å². The van der Waals surface area contributed by atoms with Crippen LogP contribution in [0.15, 0.2) is 112 Å². The van der Waals surface area contributed by atoms with Gasteiger partial charge in [0.2, 0.25) is 0 Å². The van der Waals surface area contributed by atoms with E-state index in [-0.39, 0.29) is 112 Å². The fourth-order valence-electron chi connectivity index (χ4n) is 12.9. The van der Waals surface area contributed by atoms with Crippen LogP contribution in [0.2, 0.25) is 0 Å². The van der Waals surface area contributed by atoms with Gasteiger partial charge in [-0.1, -0.05) is 142 Å². The summed E-state index contributed by atoms with van der Waals surface area (Å²) in [5.74, 6) is -2.07. The van der Waals surface area contributed by atoms with Gasteiger partial charge in [0.05, 0.1) is 168 Å². The van der Waals surface area contributed by atoms with Crippen LogP contribution in [0, 0.1) is 61.3 Å². The molecule has 1 aliphatic heterocycles. The Bertz CT molecular complexity index is 4310. The van der Waals surface area contributed by atoms with E-state index in [1.807, 2.05) is 56.4 Å². The summed E-state index contributed by atoms with van der Waals surface area (Å²) >= 11 is 5.50. The van der Waals surface area contributed by atoms with Crippen molar-refractivity contribution in [1.29, 1.82) is 0 Å². The lowest BCUT2D eigenvalue weighted by Gasteiger charge is -2.29. The van der Waals surface area contributed by atoms with Crippen molar-refractivity contribution in [2.75, 3.05) is 188 Å². The van der Waals surface area contributed by atoms with E-state index in [0.29, 0.717) is 158 Å². The number of likely N-dealkylation sites (N-methyl/N-ethyl adjacent to an activating group) is 4. The number of nitrogens with two attached hydrogens (primary N) is 1. The number of nitrogens with zero attached hydrogens (tertiary/aromatic N) is 8. The lowest BCUT2D eigenvalue weighted by atomic mass is 9.87. The minimum atomic E-state index is -1.75. The summed E-state index contributed by atoms with van der Waals surface area (Å²) in [5, 5.41) is 88.7. The Morgan fingerprint density at radius 1 is 0.355 bits per heavy atom. The van der Waals surface area contributed by atoms with Crippen molar-refractivity contribution in [2.45, 2.75) is 210 Å². The topological polar surface area (TPSA) is 607 Å². The average molecular weight is 2070 g/mol. The van der Waals surface area contributed by atoms with Crippen LogP contribution in [0.4, 0.5) is 0 Å². The molecule has 6 rings (SSSR count). The summed E-state index contributed by atoms with van der Waals surface area (Å²) in [6, 6.07) is 22.0. The maximum absolute atomic E-state index is 14.4. The lowest BCUT2D eigenvalue weighted by molar-refractivity contribution is -0.883. The van der Waals surface area contributed by atoms with Gasteiger partial charge in [0.15, 0.2) is 52.6 Å². The van der Waals surface area contributed by atoms with Crippen LogP contribution < -0.4 is 45.9 Å². The average Bonchev–Trinajstić information content (AvgIpc) is 0.757. The largest absolute Gasteiger partial charge is 0.508 e. The second kappa shape index (κ2) is 60.6. The number of hydrogen-bond donors (Lipinski definition) is 7. The number of phenolic OH excluding ortho intramolecular Hbond substituents is 1. The molecule has 1 heterocycles. The highest BCUT2D eigenvalue weighted by molar-refractivity contribution is 8.01. The minimum Gasteiger partial charge on any atom is -0.508 e. The fourth-order valence-corrected chi connectivity index (χ4v) is 17.7. The molecule has 0 aromatic heterocycles. The molecular formula is C93H143N13O31S4. The normalized spacial score (nSPS) is 12.1. The Balaban J connectivity index is 0.00000295. The van der Waals surface area contributed by atoms with E-state index in [1.54, 1.807) is 39.8 Å². The van der Waals surface area contributed by atoms with Crippen molar-refractivity contribution in [3.8, 4) is 28.7 Å². The number of nitrogens with one attached hydrogen (secondary N) is 4. The quantitative estimate of drug-likeness (QED) is 0.00467. The van der Waals surface area contributed by atoms with Crippen molar-refractivity contribution in [3.05, 3.63) is 162 Å². The number of aliphatic carboxylic acids is 1. The van der Waals surface area contributed by atoms with Gasteiger partial charge < -0.3 is 154 Å². The number of carboxylic acids is 1. The van der Waals surface area contributed by atoms with Crippen LogP contribution in [-0.2, 0) is 90.2 Å². The van der Waals surface area contributed by atoms with Gasteiger partial charge in [-0.2, -0.15) is 0 Å². The van der Waals surface area contributed by atoms with Gasteiger partial charge in [-0.25, -0.2) is 19.2 Å². The number of carbonyl (C=O) groups excluding carboxylic acids is 8. The number of esters is 4. The van der Waals surface area contributed by atoms with Crippen molar-refractivity contribution >= 4 is 101 Å². The number of aromatic hydroxyl groups is 1. The first-order valence-electron chi connectivity index (χ1n) is 45.1. The Morgan fingerprint density at radius 2 is 0.532 bits per heavy atom. The number of phenols is 1. The third-order valence-corrected chi connectivity index (χ3v) is 24.2. The summed E-state index contributed by atoms with van der Waals surface area (Å²) in [5.41, 5.74) is 7.87. The predicted molar refractivity (Wildman–Crippen MR) is 532 cm³/mol. The van der Waals surface area contributed by atoms with Crippen LogP contribution in [0.5, 0.6) is 28.7 Å². The number of quaternary nitrogens is 4. The molecule has 0 fully saturated rings. The number of hydrogen-bond acceptors (Lipinski definition) is 35. The molecule has 8 N–H and O–H groups in total. The highest BCUT2D eigenvalue weighted by Crippen LogP contribution is 2.57. The molecule has 1 atom stereocenters. The molecule has 0 radical (unpaired) electrons. The summed E-state index contributed by atoms with van der Waals surface area (Å²) in [6.45, 7) is 36.4. The van der Waals surface area contributed by atoms with Crippen LogP contribution in [0.1, 0.15) is 164 Å². The second-order valence-corrected chi connectivity index (χ2v) is 43.1. The van der Waals surface area contributed by atoms with Gasteiger partial charge in [0.25, 0.3) is 23.6 Å². The zero-order chi connectivity index (χ0) is 108. The number of amides is 4. The molecule has 1 aliphatic rings. The smallest absolute Gasteiger partial charge is 0.361 e. The van der Waals surface area contributed by atoms with Gasteiger partial charge in [0.1, 0.15) is 34.8 Å². The predicted octanol–water partition coefficient (Wildman–Crippen LogP) is 11.3. The molecule has 48 heteroatoms. The molecule has 5 aromatic carbocycles. The van der Waals surface area contributed by atoms with E-state index in [2.05, 4.69) is 153 Å². The van der Waals surface area contributed by atoms with Crippen LogP contribution in [0.25, 0.3) is 0 Å². The van der Waals surface area contributed by atoms with E-state index in [1.165, 1.54) is 59.2 Å². The molecule has 8 bridgehead atoms. The van der Waals surface area contributed by atoms with E-state index in [9.17, 15) is 43.2 Å². The molecule has 790 valence electrons. The third-order valence-electron chi connectivity index (χ3n) is 20.0. The molecule has 141 heavy (non-hydrogen) atoms. The van der Waals surface area contributed by atoms with E-state index in [0.717, 1.165) is 27.8 Å². The molecule has 0 spiro atoms. The maximum Gasteiger partial charge on any atom is 0.361 e. The van der Waals surface area contributed by atoms with Gasteiger partial charge >= 0.3 is 29.8 Å².